The first kappa shape index (κ1) is 36.0. The maximum Gasteiger partial charge on any atom is 0.407 e. The minimum absolute atomic E-state index is 0.0268. The summed E-state index contributed by atoms with van der Waals surface area (Å²) in [5.41, 5.74) is 1.55. The Hall–Kier alpha value is -3.84. The molecule has 0 bridgehead atoms. The van der Waals surface area contributed by atoms with E-state index in [0.717, 1.165) is 15.8 Å². The highest BCUT2D eigenvalue weighted by molar-refractivity contribution is 7.89. The number of fused-ring (bicyclic) bond motifs is 1. The molecule has 1 atom stereocenters. The molecule has 10 nitrogen and oxygen atoms in total. The molecule has 2 amide bonds. The van der Waals surface area contributed by atoms with Crippen molar-refractivity contribution in [3.05, 3.63) is 95.5 Å². The van der Waals surface area contributed by atoms with Crippen LogP contribution in [-0.2, 0) is 32.6 Å². The van der Waals surface area contributed by atoms with Crippen LogP contribution in [0.1, 0.15) is 51.7 Å². The number of aliphatic hydroxyl groups is 1. The molecule has 0 aliphatic rings. The van der Waals surface area contributed by atoms with E-state index in [4.69, 9.17) is 4.74 Å². The van der Waals surface area contributed by atoms with E-state index in [2.05, 4.69) is 15.6 Å². The minimum Gasteiger partial charge on any atom is -0.445 e. The number of nitrogens with one attached hydrogen (secondary N) is 2. The highest BCUT2D eigenvalue weighted by atomic mass is 32.2. The van der Waals surface area contributed by atoms with Gasteiger partial charge in [0.05, 0.1) is 20.6 Å². The number of hydrogen-bond acceptors (Lipinski definition) is 8. The first-order valence-electron chi connectivity index (χ1n) is 15.6. The molecule has 3 aromatic carbocycles. The van der Waals surface area contributed by atoms with Gasteiger partial charge in [-0.2, -0.15) is 4.31 Å². The fourth-order valence-corrected chi connectivity index (χ4v) is 7.87. The standard InChI is InChI=1S/C35H44N4O6S2/c1-26(2)22-39(47(43,44)29-15-16-30-31(19-29)46-25-38-30)35(42,20-27-11-7-5-8-12-27)17-18-36-32(40)21-34(3,4)24-37-33(41)45-23-28-13-9-6-10-14-28/h5-16,19,25-26,42H,17-18,20-24H2,1-4H3,(H,36,40)(H,37,41). The number of ether oxygens (including phenoxy) is 1. The summed E-state index contributed by atoms with van der Waals surface area (Å²) in [5, 5.41) is 17.9. The van der Waals surface area contributed by atoms with Crippen LogP contribution in [0.5, 0.6) is 0 Å². The third kappa shape index (κ3) is 10.3. The van der Waals surface area contributed by atoms with E-state index >= 15 is 0 Å². The number of sulfonamides is 1. The van der Waals surface area contributed by atoms with Gasteiger partial charge in [-0.25, -0.2) is 18.2 Å². The van der Waals surface area contributed by atoms with Crippen LogP contribution in [0.3, 0.4) is 0 Å². The molecule has 0 aliphatic heterocycles. The van der Waals surface area contributed by atoms with E-state index in [0.29, 0.717) is 5.52 Å². The van der Waals surface area contributed by atoms with Crippen LogP contribution < -0.4 is 10.6 Å². The van der Waals surface area contributed by atoms with E-state index in [-0.39, 0.29) is 62.2 Å². The number of rotatable bonds is 16. The van der Waals surface area contributed by atoms with Crippen LogP contribution in [0, 0.1) is 11.3 Å². The van der Waals surface area contributed by atoms with E-state index in [9.17, 15) is 23.1 Å². The first-order valence-corrected chi connectivity index (χ1v) is 17.9. The number of amides is 2. The molecule has 1 heterocycles. The Morgan fingerprint density at radius 1 is 0.979 bits per heavy atom. The monoisotopic (exact) mass is 680 g/mol. The van der Waals surface area contributed by atoms with Crippen molar-refractivity contribution < 1.29 is 27.9 Å². The summed E-state index contributed by atoms with van der Waals surface area (Å²) in [6.45, 7) is 7.95. The lowest BCUT2D eigenvalue weighted by Crippen LogP contribution is -2.55. The molecule has 0 saturated heterocycles. The van der Waals surface area contributed by atoms with Gasteiger partial charge in [-0.3, -0.25) is 4.79 Å². The van der Waals surface area contributed by atoms with Gasteiger partial charge in [0.2, 0.25) is 15.9 Å². The number of thiazole rings is 1. The zero-order valence-electron chi connectivity index (χ0n) is 27.3. The van der Waals surface area contributed by atoms with Gasteiger partial charge in [-0.05, 0) is 40.7 Å². The summed E-state index contributed by atoms with van der Waals surface area (Å²) in [7, 11) is -4.16. The summed E-state index contributed by atoms with van der Waals surface area (Å²) in [5.74, 6) is -0.382. The molecule has 0 radical (unpaired) electrons. The lowest BCUT2D eigenvalue weighted by Gasteiger charge is -2.40. The molecule has 1 aromatic heterocycles. The van der Waals surface area contributed by atoms with Crippen molar-refractivity contribution >= 4 is 43.6 Å². The Labute approximate surface area is 281 Å². The zero-order chi connectivity index (χ0) is 34.1. The van der Waals surface area contributed by atoms with Gasteiger partial charge in [-0.15, -0.1) is 11.3 Å². The lowest BCUT2D eigenvalue weighted by atomic mass is 9.89. The molecule has 12 heteroatoms. The highest BCUT2D eigenvalue weighted by Gasteiger charge is 2.43. The molecule has 0 saturated carbocycles. The summed E-state index contributed by atoms with van der Waals surface area (Å²) < 4.78 is 35.6. The maximum absolute atomic E-state index is 14.2. The molecule has 1 unspecified atom stereocenters. The fraction of sp³-hybridized carbons (Fsp3) is 0.400. The largest absolute Gasteiger partial charge is 0.445 e. The maximum atomic E-state index is 14.2. The second kappa shape index (κ2) is 15.8. The predicted molar refractivity (Wildman–Crippen MR) is 184 cm³/mol. The van der Waals surface area contributed by atoms with Crippen LogP contribution in [0.4, 0.5) is 4.79 Å². The van der Waals surface area contributed by atoms with E-state index in [1.807, 2.05) is 88.4 Å². The van der Waals surface area contributed by atoms with Crippen LogP contribution in [0.25, 0.3) is 10.2 Å². The van der Waals surface area contributed by atoms with Gasteiger partial charge < -0.3 is 20.5 Å². The van der Waals surface area contributed by atoms with Crippen molar-refractivity contribution in [3.8, 4) is 0 Å². The first-order chi connectivity index (χ1) is 22.3. The topological polar surface area (TPSA) is 138 Å². The number of carbonyl (C=O) groups excluding carboxylic acids is 2. The molecule has 252 valence electrons. The second-order valence-electron chi connectivity index (χ2n) is 12.9. The predicted octanol–water partition coefficient (Wildman–Crippen LogP) is 5.72. The molecule has 3 N–H and O–H groups in total. The third-order valence-corrected chi connectivity index (χ3v) is 10.3. The average molecular weight is 681 g/mol. The van der Waals surface area contributed by atoms with Gasteiger partial charge >= 0.3 is 6.09 Å². The number of carbonyl (C=O) groups is 2. The van der Waals surface area contributed by atoms with E-state index < -0.39 is 27.3 Å². The zero-order valence-corrected chi connectivity index (χ0v) is 28.9. The van der Waals surface area contributed by atoms with Gasteiger partial charge in [0.1, 0.15) is 12.3 Å². The molecule has 0 spiro atoms. The number of hydrogen-bond donors (Lipinski definition) is 3. The Bertz CT molecular complexity index is 1730. The number of aromatic nitrogens is 1. The van der Waals surface area contributed by atoms with Crippen molar-refractivity contribution in [3.63, 3.8) is 0 Å². The molecule has 4 aromatic rings. The molecule has 0 fully saturated rings. The van der Waals surface area contributed by atoms with E-state index in [1.54, 1.807) is 17.6 Å². The van der Waals surface area contributed by atoms with Crippen molar-refractivity contribution in [2.75, 3.05) is 19.6 Å². The Kier molecular flexibility index (Phi) is 12.1. The Morgan fingerprint density at radius 3 is 2.30 bits per heavy atom. The highest BCUT2D eigenvalue weighted by Crippen LogP contribution is 2.32. The van der Waals surface area contributed by atoms with Crippen molar-refractivity contribution in [2.45, 2.75) is 64.2 Å². The second-order valence-corrected chi connectivity index (χ2v) is 15.7. The van der Waals surface area contributed by atoms with Crippen molar-refractivity contribution in [2.24, 2.45) is 11.3 Å². The number of alkyl carbamates (subject to hydrolysis) is 1. The summed E-state index contributed by atoms with van der Waals surface area (Å²) in [4.78, 5) is 29.6. The van der Waals surface area contributed by atoms with Crippen LogP contribution in [0.15, 0.2) is 89.3 Å². The van der Waals surface area contributed by atoms with Gasteiger partial charge in [0.25, 0.3) is 0 Å². The van der Waals surface area contributed by atoms with E-state index in [1.165, 1.54) is 21.7 Å². The smallest absolute Gasteiger partial charge is 0.407 e. The quantitative estimate of drug-likeness (QED) is 0.129. The summed E-state index contributed by atoms with van der Waals surface area (Å²) >= 11 is 1.35. The fourth-order valence-electron chi connectivity index (χ4n) is 5.22. The van der Waals surface area contributed by atoms with Gasteiger partial charge in [-0.1, -0.05) is 88.4 Å². The molecular weight excluding hydrogens is 637 g/mol. The number of nitrogens with zero attached hydrogens (tertiary/aromatic N) is 2. The van der Waals surface area contributed by atoms with Crippen LogP contribution in [0.2, 0.25) is 0 Å². The molecule has 47 heavy (non-hydrogen) atoms. The normalized spacial score (nSPS) is 13.4. The Balaban J connectivity index is 1.44. The third-order valence-electron chi connectivity index (χ3n) is 7.63. The van der Waals surface area contributed by atoms with Gasteiger partial charge in [0.15, 0.2) is 0 Å². The minimum atomic E-state index is -4.16. The average Bonchev–Trinajstić information content (AvgIpc) is 3.50. The molecular formula is C35H44N4O6S2. The molecule has 4 rings (SSSR count). The Morgan fingerprint density at radius 2 is 1.64 bits per heavy atom. The summed E-state index contributed by atoms with van der Waals surface area (Å²) in [6.07, 6.45) is -0.508. The molecule has 0 aliphatic carbocycles. The SMILES string of the molecule is CC(C)CN(C(O)(CCNC(=O)CC(C)(C)CNC(=O)OCc1ccccc1)Cc1ccccc1)S(=O)(=O)c1ccc2ncsc2c1. The van der Waals surface area contributed by atoms with Crippen LogP contribution in [-0.4, -0.2) is 60.2 Å². The summed E-state index contributed by atoms with van der Waals surface area (Å²) in [6, 6.07) is 23.3. The van der Waals surface area contributed by atoms with Crippen molar-refractivity contribution in [1.82, 2.24) is 19.9 Å². The van der Waals surface area contributed by atoms with Crippen LogP contribution >= 0.6 is 11.3 Å². The number of benzene rings is 3. The van der Waals surface area contributed by atoms with Crippen molar-refractivity contribution in [1.29, 1.82) is 0 Å². The lowest BCUT2D eigenvalue weighted by molar-refractivity contribution is -0.123. The van der Waals surface area contributed by atoms with Gasteiger partial charge in [0, 0.05) is 38.9 Å².